The molecule has 0 unspecified atom stereocenters. The molecule has 0 radical (unpaired) electrons. The van der Waals surface area contributed by atoms with E-state index in [1.807, 2.05) is 12.1 Å². The maximum atomic E-state index is 13.0. The lowest BCUT2D eigenvalue weighted by molar-refractivity contribution is -0.384. The Hall–Kier alpha value is -2.32. The number of nitrogens with zero attached hydrogens (tertiary/aromatic N) is 3. The van der Waals surface area contributed by atoms with E-state index in [2.05, 4.69) is 18.8 Å². The molecule has 0 saturated heterocycles. The molecule has 0 amide bonds. The highest BCUT2D eigenvalue weighted by molar-refractivity contribution is 8.76. The van der Waals surface area contributed by atoms with E-state index in [9.17, 15) is 14.9 Å². The van der Waals surface area contributed by atoms with Crippen LogP contribution in [0.25, 0.3) is 16.6 Å². The first kappa shape index (κ1) is 18.5. The fraction of sp³-hybridized carbons (Fsp3) is 0.222. The van der Waals surface area contributed by atoms with Crippen molar-refractivity contribution in [3.8, 4) is 5.69 Å². The third-order valence-electron chi connectivity index (χ3n) is 3.60. The molecule has 0 saturated carbocycles. The van der Waals surface area contributed by atoms with Gasteiger partial charge in [0.05, 0.1) is 21.5 Å². The van der Waals surface area contributed by atoms with Crippen LogP contribution in [0.4, 0.5) is 5.69 Å². The molecule has 0 bridgehead atoms. The molecule has 134 valence electrons. The monoisotopic (exact) mass is 387 g/mol. The second-order valence-corrected chi connectivity index (χ2v) is 8.40. The number of rotatable bonds is 6. The van der Waals surface area contributed by atoms with Crippen molar-refractivity contribution < 1.29 is 4.92 Å². The van der Waals surface area contributed by atoms with Crippen LogP contribution in [0.2, 0.25) is 0 Å². The van der Waals surface area contributed by atoms with E-state index >= 15 is 0 Å². The summed E-state index contributed by atoms with van der Waals surface area (Å²) in [5.41, 5.74) is 1.01. The molecule has 0 aliphatic carbocycles. The van der Waals surface area contributed by atoms with Gasteiger partial charge in [0.2, 0.25) is 0 Å². The van der Waals surface area contributed by atoms with Crippen molar-refractivity contribution >= 4 is 38.2 Å². The summed E-state index contributed by atoms with van der Waals surface area (Å²) in [5.74, 6) is 1.45. The summed E-state index contributed by atoms with van der Waals surface area (Å²) >= 11 is 0. The minimum atomic E-state index is -0.459. The molecule has 0 atom stereocenters. The van der Waals surface area contributed by atoms with Gasteiger partial charge < -0.3 is 0 Å². The van der Waals surface area contributed by atoms with Gasteiger partial charge in [0, 0.05) is 17.9 Å². The number of hydrogen-bond acceptors (Lipinski definition) is 6. The van der Waals surface area contributed by atoms with Crippen LogP contribution in [0.1, 0.15) is 13.8 Å². The second-order valence-electron chi connectivity index (χ2n) is 6.09. The first-order chi connectivity index (χ1) is 12.5. The zero-order valence-electron chi connectivity index (χ0n) is 14.3. The van der Waals surface area contributed by atoms with Crippen LogP contribution in [-0.4, -0.2) is 20.2 Å². The van der Waals surface area contributed by atoms with Crippen LogP contribution in [0.5, 0.6) is 0 Å². The quantitative estimate of drug-likeness (QED) is 0.264. The van der Waals surface area contributed by atoms with Gasteiger partial charge in [-0.3, -0.25) is 19.5 Å². The Morgan fingerprint density at radius 3 is 2.50 bits per heavy atom. The molecular formula is C18H17N3O3S2. The predicted molar refractivity (Wildman–Crippen MR) is 107 cm³/mol. The van der Waals surface area contributed by atoms with Gasteiger partial charge in [-0.15, -0.1) is 0 Å². The lowest BCUT2D eigenvalue weighted by atomic mass is 10.2. The van der Waals surface area contributed by atoms with Gasteiger partial charge in [-0.05, 0) is 41.0 Å². The van der Waals surface area contributed by atoms with Crippen LogP contribution < -0.4 is 5.56 Å². The van der Waals surface area contributed by atoms with E-state index < -0.39 is 4.92 Å². The molecule has 3 aromatic rings. The Morgan fingerprint density at radius 2 is 1.85 bits per heavy atom. The van der Waals surface area contributed by atoms with Gasteiger partial charge >= 0.3 is 0 Å². The minimum Gasteiger partial charge on any atom is -0.268 e. The van der Waals surface area contributed by atoms with Gasteiger partial charge in [-0.1, -0.05) is 36.8 Å². The highest BCUT2D eigenvalue weighted by Crippen LogP contribution is 2.32. The van der Waals surface area contributed by atoms with Crippen molar-refractivity contribution in [2.45, 2.75) is 19.0 Å². The van der Waals surface area contributed by atoms with Gasteiger partial charge in [0.1, 0.15) is 0 Å². The van der Waals surface area contributed by atoms with E-state index in [-0.39, 0.29) is 11.2 Å². The molecule has 0 N–H and O–H groups in total. The van der Waals surface area contributed by atoms with Gasteiger partial charge in [0.25, 0.3) is 11.2 Å². The Bertz CT molecular complexity index is 1000. The van der Waals surface area contributed by atoms with Crippen molar-refractivity contribution in [3.05, 3.63) is 69.0 Å². The molecule has 26 heavy (non-hydrogen) atoms. The van der Waals surface area contributed by atoms with Crippen molar-refractivity contribution in [2.75, 3.05) is 5.75 Å². The number of nitro groups is 1. The second kappa shape index (κ2) is 7.92. The van der Waals surface area contributed by atoms with E-state index in [0.29, 0.717) is 27.7 Å². The fourth-order valence-electron chi connectivity index (χ4n) is 2.34. The zero-order chi connectivity index (χ0) is 18.7. The minimum absolute atomic E-state index is 0.0149. The zero-order valence-corrected chi connectivity index (χ0v) is 15.9. The van der Waals surface area contributed by atoms with Gasteiger partial charge in [-0.2, -0.15) is 0 Å². The van der Waals surface area contributed by atoms with Crippen LogP contribution in [0.3, 0.4) is 0 Å². The Balaban J connectivity index is 2.12. The van der Waals surface area contributed by atoms with Crippen LogP contribution in [0, 0.1) is 16.0 Å². The number of para-hydroxylation sites is 1. The summed E-state index contributed by atoms with van der Waals surface area (Å²) in [6.45, 7) is 4.26. The first-order valence-corrected chi connectivity index (χ1v) is 10.4. The summed E-state index contributed by atoms with van der Waals surface area (Å²) in [5, 5.41) is 12.0. The topological polar surface area (TPSA) is 78.0 Å². The smallest absolute Gasteiger partial charge is 0.268 e. The maximum Gasteiger partial charge on any atom is 0.269 e. The van der Waals surface area contributed by atoms with Gasteiger partial charge in [0.15, 0.2) is 5.16 Å². The van der Waals surface area contributed by atoms with Crippen molar-refractivity contribution in [3.63, 3.8) is 0 Å². The molecule has 0 aliphatic heterocycles. The highest BCUT2D eigenvalue weighted by Gasteiger charge is 2.15. The molecule has 3 rings (SSSR count). The average Bonchev–Trinajstić information content (AvgIpc) is 2.62. The first-order valence-electron chi connectivity index (χ1n) is 8.03. The van der Waals surface area contributed by atoms with Crippen LogP contribution in [0.15, 0.2) is 58.5 Å². The third kappa shape index (κ3) is 3.91. The molecule has 6 nitrogen and oxygen atoms in total. The number of hydrogen-bond donors (Lipinski definition) is 0. The summed E-state index contributed by atoms with van der Waals surface area (Å²) < 4.78 is 1.52. The normalized spacial score (nSPS) is 11.2. The number of aromatic nitrogens is 2. The molecular weight excluding hydrogens is 370 g/mol. The number of nitro benzene ring substituents is 1. The summed E-state index contributed by atoms with van der Waals surface area (Å²) in [4.78, 5) is 28.1. The number of fused-ring (bicyclic) bond motifs is 1. The van der Waals surface area contributed by atoms with Crippen molar-refractivity contribution in [1.29, 1.82) is 0 Å². The average molecular weight is 387 g/mol. The molecule has 1 aromatic heterocycles. The summed E-state index contributed by atoms with van der Waals surface area (Å²) in [7, 11) is 3.08. The van der Waals surface area contributed by atoms with Crippen LogP contribution >= 0.6 is 21.6 Å². The molecule has 8 heteroatoms. The van der Waals surface area contributed by atoms with E-state index in [1.54, 1.807) is 35.1 Å². The standard InChI is InChI=1S/C18H17N3O3S2/c1-12(2)11-25-26-18-19-16-6-4-3-5-15(16)17(22)20(18)13-7-9-14(10-8-13)21(23)24/h3-10,12H,11H2,1-2H3. The van der Waals surface area contributed by atoms with E-state index in [0.717, 1.165) is 5.75 Å². The Labute approximate surface area is 158 Å². The lowest BCUT2D eigenvalue weighted by Gasteiger charge is -2.13. The fourth-order valence-corrected chi connectivity index (χ4v) is 4.86. The van der Waals surface area contributed by atoms with E-state index in [4.69, 9.17) is 0 Å². The molecule has 0 spiro atoms. The van der Waals surface area contributed by atoms with Crippen LogP contribution in [-0.2, 0) is 0 Å². The summed E-state index contributed by atoms with van der Waals surface area (Å²) in [6.07, 6.45) is 0. The SMILES string of the molecule is CC(C)CSSc1nc2ccccc2c(=O)n1-c1ccc([N+](=O)[O-])cc1. The Morgan fingerprint density at radius 1 is 1.15 bits per heavy atom. The van der Waals surface area contributed by atoms with Crippen molar-refractivity contribution in [1.82, 2.24) is 9.55 Å². The molecule has 0 aliphatic rings. The lowest BCUT2D eigenvalue weighted by Crippen LogP contribution is -2.21. The Kier molecular flexibility index (Phi) is 5.63. The molecule has 1 heterocycles. The maximum absolute atomic E-state index is 13.0. The van der Waals surface area contributed by atoms with Crippen molar-refractivity contribution in [2.24, 2.45) is 5.92 Å². The number of non-ortho nitro benzene ring substituents is 1. The van der Waals surface area contributed by atoms with Gasteiger partial charge in [-0.25, -0.2) is 4.98 Å². The number of benzene rings is 2. The predicted octanol–water partition coefficient (Wildman–Crippen LogP) is 4.69. The van der Waals surface area contributed by atoms with E-state index in [1.165, 1.54) is 27.5 Å². The third-order valence-corrected chi connectivity index (χ3v) is 6.15. The largest absolute Gasteiger partial charge is 0.269 e. The highest BCUT2D eigenvalue weighted by atomic mass is 33.1. The summed E-state index contributed by atoms with van der Waals surface area (Å²) in [6, 6.07) is 13.1. The molecule has 0 fully saturated rings. The molecule has 2 aromatic carbocycles.